The van der Waals surface area contributed by atoms with Crippen LogP contribution in [0.4, 0.5) is 10.1 Å². The van der Waals surface area contributed by atoms with Crippen LogP contribution >= 0.6 is 0 Å². The molecule has 2 aromatic carbocycles. The van der Waals surface area contributed by atoms with Crippen LogP contribution in [0.3, 0.4) is 0 Å². The summed E-state index contributed by atoms with van der Waals surface area (Å²) in [6.07, 6.45) is 5.71. The Bertz CT molecular complexity index is 822. The molecule has 1 amide bonds. The maximum Gasteiger partial charge on any atom is 0.211 e. The third-order valence-corrected chi connectivity index (χ3v) is 4.20. The molecular formula is C21H19FN2O. The molecule has 3 aromatic rings. The minimum Gasteiger partial charge on any atom is -0.326 e. The molecule has 1 N–H and O–H groups in total. The predicted molar refractivity (Wildman–Crippen MR) is 96.9 cm³/mol. The molecule has 126 valence electrons. The number of carbonyl (C=O) groups is 1. The van der Waals surface area contributed by atoms with Crippen LogP contribution in [0, 0.1) is 5.82 Å². The maximum absolute atomic E-state index is 13.7. The van der Waals surface area contributed by atoms with Gasteiger partial charge in [-0.1, -0.05) is 42.5 Å². The first-order chi connectivity index (χ1) is 12.3. The van der Waals surface area contributed by atoms with E-state index in [2.05, 4.69) is 28.5 Å². The van der Waals surface area contributed by atoms with Crippen molar-refractivity contribution in [2.24, 2.45) is 0 Å². The highest BCUT2D eigenvalue weighted by atomic mass is 19.1. The number of nitrogens with one attached hydrogen (secondary N) is 1. The molecule has 4 heteroatoms. The zero-order chi connectivity index (χ0) is 17.5. The summed E-state index contributed by atoms with van der Waals surface area (Å²) in [5, 5.41) is 2.41. The average Bonchev–Trinajstić information content (AvgIpc) is 2.66. The minimum absolute atomic E-state index is 0.209. The Balaban J connectivity index is 1.87. The van der Waals surface area contributed by atoms with Crippen molar-refractivity contribution in [2.45, 2.75) is 18.8 Å². The summed E-state index contributed by atoms with van der Waals surface area (Å²) in [6.45, 7) is 0. The van der Waals surface area contributed by atoms with Crippen molar-refractivity contribution < 1.29 is 9.18 Å². The number of amides is 1. The smallest absolute Gasteiger partial charge is 0.211 e. The number of halogens is 1. The topological polar surface area (TPSA) is 42.0 Å². The van der Waals surface area contributed by atoms with E-state index in [-0.39, 0.29) is 11.6 Å². The summed E-state index contributed by atoms with van der Waals surface area (Å²) < 4.78 is 13.7. The van der Waals surface area contributed by atoms with Crippen LogP contribution in [0.15, 0.2) is 73.1 Å². The van der Waals surface area contributed by atoms with Crippen LogP contribution in [-0.4, -0.2) is 11.4 Å². The monoisotopic (exact) mass is 334 g/mol. The van der Waals surface area contributed by atoms with Crippen molar-refractivity contribution in [2.75, 3.05) is 5.32 Å². The fourth-order valence-electron chi connectivity index (χ4n) is 2.99. The first-order valence-electron chi connectivity index (χ1n) is 8.18. The van der Waals surface area contributed by atoms with Crippen LogP contribution in [0.25, 0.3) is 0 Å². The van der Waals surface area contributed by atoms with Crippen LogP contribution in [-0.2, 0) is 17.6 Å². The molecule has 0 aliphatic heterocycles. The van der Waals surface area contributed by atoms with Gasteiger partial charge in [-0.3, -0.25) is 9.78 Å². The predicted octanol–water partition coefficient (Wildman–Crippen LogP) is 4.36. The largest absolute Gasteiger partial charge is 0.326 e. The van der Waals surface area contributed by atoms with Gasteiger partial charge in [-0.2, -0.15) is 0 Å². The Labute approximate surface area is 146 Å². The normalized spacial score (nSPS) is 11.7. The number of nitrogens with zero attached hydrogens (tertiary/aromatic N) is 1. The van der Waals surface area contributed by atoms with Crippen molar-refractivity contribution in [3.05, 3.63) is 95.6 Å². The second kappa shape index (κ2) is 8.20. The molecule has 0 fully saturated rings. The lowest BCUT2D eigenvalue weighted by atomic mass is 9.87. The molecule has 0 aliphatic carbocycles. The third-order valence-electron chi connectivity index (χ3n) is 4.20. The zero-order valence-corrected chi connectivity index (χ0v) is 13.7. The molecule has 1 unspecified atom stereocenters. The second-order valence-electron chi connectivity index (χ2n) is 5.95. The molecule has 3 rings (SSSR count). The molecule has 0 spiro atoms. The number of rotatable bonds is 7. The van der Waals surface area contributed by atoms with Gasteiger partial charge in [0.15, 0.2) is 0 Å². The highest BCUT2D eigenvalue weighted by molar-refractivity contribution is 5.71. The SMILES string of the molecule is O=CNc1cc(CC(Cc2cccnc2)c2ccccc2)ccc1F. The molecule has 0 radical (unpaired) electrons. The summed E-state index contributed by atoms with van der Waals surface area (Å²) in [4.78, 5) is 14.8. The summed E-state index contributed by atoms with van der Waals surface area (Å²) in [6, 6.07) is 19.1. The standard InChI is InChI=1S/C21H19FN2O/c22-20-9-8-16(13-21(20)24-15-25)11-19(18-6-2-1-3-7-18)12-17-5-4-10-23-14-17/h1-10,13-15,19H,11-12H2,(H,24,25). The van der Waals surface area contributed by atoms with Gasteiger partial charge < -0.3 is 5.32 Å². The van der Waals surface area contributed by atoms with E-state index in [9.17, 15) is 9.18 Å². The lowest BCUT2D eigenvalue weighted by Crippen LogP contribution is -2.08. The van der Waals surface area contributed by atoms with Gasteiger partial charge in [0.25, 0.3) is 0 Å². The highest BCUT2D eigenvalue weighted by Gasteiger charge is 2.14. The van der Waals surface area contributed by atoms with E-state index in [1.165, 1.54) is 11.6 Å². The van der Waals surface area contributed by atoms with E-state index in [4.69, 9.17) is 0 Å². The lowest BCUT2D eigenvalue weighted by molar-refractivity contribution is -0.105. The Morgan fingerprint density at radius 3 is 2.52 bits per heavy atom. The molecular weight excluding hydrogens is 315 g/mol. The highest BCUT2D eigenvalue weighted by Crippen LogP contribution is 2.27. The number of hydrogen-bond donors (Lipinski definition) is 1. The summed E-state index contributed by atoms with van der Waals surface area (Å²) in [5.41, 5.74) is 3.56. The van der Waals surface area contributed by atoms with Gasteiger partial charge in [0, 0.05) is 12.4 Å². The summed E-state index contributed by atoms with van der Waals surface area (Å²) in [7, 11) is 0. The lowest BCUT2D eigenvalue weighted by Gasteiger charge is -2.18. The first-order valence-corrected chi connectivity index (χ1v) is 8.18. The molecule has 1 aromatic heterocycles. The molecule has 0 saturated heterocycles. The number of benzene rings is 2. The van der Waals surface area contributed by atoms with Gasteiger partial charge in [0.1, 0.15) is 5.82 Å². The Morgan fingerprint density at radius 2 is 1.80 bits per heavy atom. The maximum atomic E-state index is 13.7. The van der Waals surface area contributed by atoms with E-state index in [1.807, 2.05) is 30.5 Å². The molecule has 3 nitrogen and oxygen atoms in total. The average molecular weight is 334 g/mol. The molecule has 0 aliphatic rings. The van der Waals surface area contributed by atoms with E-state index in [0.29, 0.717) is 6.41 Å². The molecule has 1 atom stereocenters. The van der Waals surface area contributed by atoms with E-state index in [0.717, 1.165) is 24.0 Å². The Kier molecular flexibility index (Phi) is 5.52. The fourth-order valence-corrected chi connectivity index (χ4v) is 2.99. The van der Waals surface area contributed by atoms with Crippen molar-refractivity contribution >= 4 is 12.1 Å². The molecule has 1 heterocycles. The second-order valence-corrected chi connectivity index (χ2v) is 5.95. The van der Waals surface area contributed by atoms with Gasteiger partial charge in [-0.05, 0) is 53.6 Å². The molecule has 0 saturated carbocycles. The third kappa shape index (κ3) is 4.51. The van der Waals surface area contributed by atoms with Gasteiger partial charge in [-0.15, -0.1) is 0 Å². The van der Waals surface area contributed by atoms with Gasteiger partial charge in [0.05, 0.1) is 5.69 Å². The quantitative estimate of drug-likeness (QED) is 0.652. The fraction of sp³-hybridized carbons (Fsp3) is 0.143. The first kappa shape index (κ1) is 16.8. The zero-order valence-electron chi connectivity index (χ0n) is 13.7. The number of carbonyl (C=O) groups excluding carboxylic acids is 1. The van der Waals surface area contributed by atoms with E-state index in [1.54, 1.807) is 18.3 Å². The van der Waals surface area contributed by atoms with E-state index >= 15 is 0 Å². The van der Waals surface area contributed by atoms with Crippen molar-refractivity contribution in [3.8, 4) is 0 Å². The van der Waals surface area contributed by atoms with Crippen LogP contribution in [0.5, 0.6) is 0 Å². The van der Waals surface area contributed by atoms with Gasteiger partial charge >= 0.3 is 0 Å². The molecule has 25 heavy (non-hydrogen) atoms. The number of hydrogen-bond acceptors (Lipinski definition) is 2. The van der Waals surface area contributed by atoms with Crippen molar-refractivity contribution in [1.29, 1.82) is 0 Å². The van der Waals surface area contributed by atoms with Crippen LogP contribution in [0.1, 0.15) is 22.6 Å². The number of aromatic nitrogens is 1. The van der Waals surface area contributed by atoms with Gasteiger partial charge in [-0.25, -0.2) is 4.39 Å². The minimum atomic E-state index is -0.431. The summed E-state index contributed by atoms with van der Waals surface area (Å²) in [5.74, 6) is -0.195. The number of anilines is 1. The Hall–Kier alpha value is -3.01. The molecule has 0 bridgehead atoms. The summed E-state index contributed by atoms with van der Waals surface area (Å²) >= 11 is 0. The Morgan fingerprint density at radius 1 is 1.00 bits per heavy atom. The van der Waals surface area contributed by atoms with Crippen molar-refractivity contribution in [1.82, 2.24) is 4.98 Å². The van der Waals surface area contributed by atoms with E-state index < -0.39 is 5.82 Å². The number of pyridine rings is 1. The van der Waals surface area contributed by atoms with Crippen LogP contribution < -0.4 is 5.32 Å². The van der Waals surface area contributed by atoms with Gasteiger partial charge in [0.2, 0.25) is 6.41 Å². The van der Waals surface area contributed by atoms with Crippen molar-refractivity contribution in [3.63, 3.8) is 0 Å². The van der Waals surface area contributed by atoms with Crippen LogP contribution in [0.2, 0.25) is 0 Å².